The molecule has 1 aliphatic carbocycles. The van der Waals surface area contributed by atoms with E-state index in [1.165, 1.54) is 19.3 Å². The first-order valence-electron chi connectivity index (χ1n) is 6.21. The van der Waals surface area contributed by atoms with Crippen LogP contribution in [-0.4, -0.2) is 25.5 Å². The van der Waals surface area contributed by atoms with Crippen LogP contribution in [0.15, 0.2) is 0 Å². The van der Waals surface area contributed by atoms with Crippen molar-refractivity contribution in [2.24, 2.45) is 11.8 Å². The Morgan fingerprint density at radius 3 is 2.80 bits per heavy atom. The molecule has 0 heterocycles. The molecule has 2 N–H and O–H groups in total. The molecule has 0 radical (unpaired) electrons. The van der Waals surface area contributed by atoms with Crippen molar-refractivity contribution in [1.82, 2.24) is 10.6 Å². The van der Waals surface area contributed by atoms with Gasteiger partial charge in [0.15, 0.2) is 0 Å². The van der Waals surface area contributed by atoms with Crippen molar-refractivity contribution in [1.29, 1.82) is 0 Å². The third-order valence-electron chi connectivity index (χ3n) is 3.38. The SMILES string of the molecule is CCNCCC(=O)NCC1CCCC1C. The van der Waals surface area contributed by atoms with Gasteiger partial charge in [0, 0.05) is 19.5 Å². The van der Waals surface area contributed by atoms with Crippen molar-refractivity contribution >= 4 is 5.91 Å². The fraction of sp³-hybridized carbons (Fsp3) is 0.917. The van der Waals surface area contributed by atoms with Crippen LogP contribution in [0.1, 0.15) is 39.5 Å². The van der Waals surface area contributed by atoms with Crippen molar-refractivity contribution in [2.75, 3.05) is 19.6 Å². The zero-order chi connectivity index (χ0) is 11.1. The lowest BCUT2D eigenvalue weighted by Gasteiger charge is -2.15. The van der Waals surface area contributed by atoms with Crippen molar-refractivity contribution in [3.05, 3.63) is 0 Å². The lowest BCUT2D eigenvalue weighted by atomic mass is 9.98. The average Bonchev–Trinajstić information content (AvgIpc) is 2.61. The first kappa shape index (κ1) is 12.5. The summed E-state index contributed by atoms with van der Waals surface area (Å²) in [4.78, 5) is 11.4. The van der Waals surface area contributed by atoms with E-state index in [1.807, 2.05) is 0 Å². The quantitative estimate of drug-likeness (QED) is 0.656. The second-order valence-electron chi connectivity index (χ2n) is 4.58. The Bertz CT molecular complexity index is 194. The molecule has 0 aromatic rings. The summed E-state index contributed by atoms with van der Waals surface area (Å²) in [5, 5.41) is 6.19. The molecule has 2 atom stereocenters. The van der Waals surface area contributed by atoms with Gasteiger partial charge in [-0.15, -0.1) is 0 Å². The van der Waals surface area contributed by atoms with Crippen molar-refractivity contribution in [3.8, 4) is 0 Å². The van der Waals surface area contributed by atoms with E-state index < -0.39 is 0 Å². The van der Waals surface area contributed by atoms with E-state index in [-0.39, 0.29) is 5.91 Å². The monoisotopic (exact) mass is 212 g/mol. The summed E-state index contributed by atoms with van der Waals surface area (Å²) in [6.07, 6.45) is 4.56. The minimum absolute atomic E-state index is 0.190. The van der Waals surface area contributed by atoms with Gasteiger partial charge in [-0.25, -0.2) is 0 Å². The first-order chi connectivity index (χ1) is 7.24. The van der Waals surface area contributed by atoms with Crippen LogP contribution < -0.4 is 10.6 Å². The van der Waals surface area contributed by atoms with E-state index in [2.05, 4.69) is 24.5 Å². The van der Waals surface area contributed by atoms with Gasteiger partial charge < -0.3 is 10.6 Å². The predicted octanol–water partition coefficient (Wildman–Crippen LogP) is 1.54. The van der Waals surface area contributed by atoms with Crippen molar-refractivity contribution < 1.29 is 4.79 Å². The second kappa shape index (κ2) is 6.83. The van der Waals surface area contributed by atoms with E-state index in [0.29, 0.717) is 12.3 Å². The Balaban J connectivity index is 2.05. The Kier molecular flexibility index (Phi) is 5.69. The fourth-order valence-corrected chi connectivity index (χ4v) is 2.24. The molecule has 88 valence electrons. The van der Waals surface area contributed by atoms with Crippen LogP contribution in [0, 0.1) is 11.8 Å². The molecular formula is C12H24N2O. The Hall–Kier alpha value is -0.570. The van der Waals surface area contributed by atoms with Gasteiger partial charge in [-0.2, -0.15) is 0 Å². The average molecular weight is 212 g/mol. The molecule has 0 aliphatic heterocycles. The number of hydrogen-bond donors (Lipinski definition) is 2. The van der Waals surface area contributed by atoms with Gasteiger partial charge in [0.2, 0.25) is 5.91 Å². The van der Waals surface area contributed by atoms with Crippen LogP contribution in [0.25, 0.3) is 0 Å². The molecule has 3 nitrogen and oxygen atoms in total. The van der Waals surface area contributed by atoms with E-state index in [9.17, 15) is 4.79 Å². The summed E-state index contributed by atoms with van der Waals surface area (Å²) >= 11 is 0. The molecular weight excluding hydrogens is 188 g/mol. The van der Waals surface area contributed by atoms with Crippen LogP contribution in [0.3, 0.4) is 0 Å². The smallest absolute Gasteiger partial charge is 0.221 e. The molecule has 0 spiro atoms. The first-order valence-corrected chi connectivity index (χ1v) is 6.21. The van der Waals surface area contributed by atoms with Gasteiger partial charge in [-0.05, 0) is 24.8 Å². The molecule has 1 rings (SSSR count). The number of rotatable bonds is 6. The molecule has 3 heteroatoms. The molecule has 0 saturated heterocycles. The maximum absolute atomic E-state index is 11.4. The zero-order valence-corrected chi connectivity index (χ0v) is 10.0. The van der Waals surface area contributed by atoms with Gasteiger partial charge in [0.1, 0.15) is 0 Å². The van der Waals surface area contributed by atoms with Crippen LogP contribution in [0.5, 0.6) is 0 Å². The molecule has 15 heavy (non-hydrogen) atoms. The number of carbonyl (C=O) groups excluding carboxylic acids is 1. The largest absolute Gasteiger partial charge is 0.356 e. The normalized spacial score (nSPS) is 25.5. The standard InChI is InChI=1S/C12H24N2O/c1-3-13-8-7-12(15)14-9-11-6-4-5-10(11)2/h10-11,13H,3-9H2,1-2H3,(H,14,15). The second-order valence-corrected chi connectivity index (χ2v) is 4.58. The van der Waals surface area contributed by atoms with E-state index in [0.717, 1.165) is 25.6 Å². The topological polar surface area (TPSA) is 41.1 Å². The lowest BCUT2D eigenvalue weighted by molar-refractivity contribution is -0.121. The molecule has 2 unspecified atom stereocenters. The van der Waals surface area contributed by atoms with Gasteiger partial charge in [-0.1, -0.05) is 26.7 Å². The summed E-state index contributed by atoms with van der Waals surface area (Å²) < 4.78 is 0. The van der Waals surface area contributed by atoms with E-state index in [4.69, 9.17) is 0 Å². The third kappa shape index (κ3) is 4.65. The van der Waals surface area contributed by atoms with E-state index >= 15 is 0 Å². The number of hydrogen-bond acceptors (Lipinski definition) is 2. The summed E-state index contributed by atoms with van der Waals surface area (Å²) in [7, 11) is 0. The van der Waals surface area contributed by atoms with Crippen LogP contribution in [0.2, 0.25) is 0 Å². The van der Waals surface area contributed by atoms with Gasteiger partial charge in [0.05, 0.1) is 0 Å². The molecule has 1 fully saturated rings. The zero-order valence-electron chi connectivity index (χ0n) is 10.0. The summed E-state index contributed by atoms with van der Waals surface area (Å²) in [6.45, 7) is 6.96. The highest BCUT2D eigenvalue weighted by Crippen LogP contribution is 2.30. The highest BCUT2D eigenvalue weighted by molar-refractivity contribution is 5.76. The summed E-state index contributed by atoms with van der Waals surface area (Å²) in [5.74, 6) is 1.70. The Morgan fingerprint density at radius 2 is 2.20 bits per heavy atom. The van der Waals surface area contributed by atoms with Crippen molar-refractivity contribution in [3.63, 3.8) is 0 Å². The fourth-order valence-electron chi connectivity index (χ4n) is 2.24. The summed E-state index contributed by atoms with van der Waals surface area (Å²) in [5.41, 5.74) is 0. The molecule has 1 aliphatic rings. The maximum atomic E-state index is 11.4. The number of carbonyl (C=O) groups is 1. The molecule has 0 bridgehead atoms. The minimum atomic E-state index is 0.190. The Labute approximate surface area is 93.0 Å². The molecule has 1 amide bonds. The lowest BCUT2D eigenvalue weighted by Crippen LogP contribution is -2.32. The maximum Gasteiger partial charge on any atom is 0.221 e. The number of nitrogens with one attached hydrogen (secondary N) is 2. The van der Waals surface area contributed by atoms with Crippen LogP contribution in [-0.2, 0) is 4.79 Å². The molecule has 0 aromatic heterocycles. The van der Waals surface area contributed by atoms with Gasteiger partial charge >= 0.3 is 0 Å². The highest BCUT2D eigenvalue weighted by Gasteiger charge is 2.23. The van der Waals surface area contributed by atoms with Crippen molar-refractivity contribution in [2.45, 2.75) is 39.5 Å². The highest BCUT2D eigenvalue weighted by atomic mass is 16.1. The van der Waals surface area contributed by atoms with Gasteiger partial charge in [0.25, 0.3) is 0 Å². The van der Waals surface area contributed by atoms with Crippen LogP contribution >= 0.6 is 0 Å². The van der Waals surface area contributed by atoms with E-state index in [1.54, 1.807) is 0 Å². The summed E-state index contributed by atoms with van der Waals surface area (Å²) in [6, 6.07) is 0. The minimum Gasteiger partial charge on any atom is -0.356 e. The molecule has 0 aromatic carbocycles. The predicted molar refractivity (Wildman–Crippen MR) is 62.7 cm³/mol. The van der Waals surface area contributed by atoms with Crippen LogP contribution in [0.4, 0.5) is 0 Å². The Morgan fingerprint density at radius 1 is 1.40 bits per heavy atom. The molecule has 1 saturated carbocycles. The third-order valence-corrected chi connectivity index (χ3v) is 3.38. The van der Waals surface area contributed by atoms with Gasteiger partial charge in [-0.3, -0.25) is 4.79 Å². The number of amides is 1.